The minimum absolute atomic E-state index is 0.185. The lowest BCUT2D eigenvalue weighted by molar-refractivity contribution is -0.138. The number of likely N-dealkylation sites (tertiary alicyclic amines) is 1. The van der Waals surface area contributed by atoms with Crippen LogP contribution in [-0.4, -0.2) is 30.4 Å². The first-order chi connectivity index (χ1) is 12.3. The van der Waals surface area contributed by atoms with Gasteiger partial charge in [0.2, 0.25) is 0 Å². The zero-order valence-corrected chi connectivity index (χ0v) is 15.3. The minimum atomic E-state index is -4.31. The molecule has 0 saturated carbocycles. The number of nitrogens with zero attached hydrogens (tertiary/aromatic N) is 2. The van der Waals surface area contributed by atoms with Crippen molar-refractivity contribution in [3.8, 4) is 0 Å². The fraction of sp³-hybridized carbons (Fsp3) is 0.429. The van der Waals surface area contributed by atoms with E-state index < -0.39 is 11.7 Å². The molecule has 0 N–H and O–H groups in total. The molecule has 0 bridgehead atoms. The van der Waals surface area contributed by atoms with E-state index in [1.54, 1.807) is 12.1 Å². The quantitative estimate of drug-likeness (QED) is 0.730. The molecule has 1 unspecified atom stereocenters. The smallest absolute Gasteiger partial charge is 0.305 e. The largest absolute Gasteiger partial charge is 0.416 e. The van der Waals surface area contributed by atoms with Crippen molar-refractivity contribution in [1.82, 2.24) is 9.80 Å². The standard InChI is InChI=1S/C21H25F3N2/c1-25(2)14-16-9-11-17(12-10-16)20-8-5-13-26(20)15-18-6-3-4-7-19(18)21(22,23)24/h3-4,6-7,9-12,20H,5,8,13-15H2,1-2H3. The summed E-state index contributed by atoms with van der Waals surface area (Å²) in [6, 6.07) is 14.6. The van der Waals surface area contributed by atoms with E-state index in [0.29, 0.717) is 12.1 Å². The molecule has 1 saturated heterocycles. The Morgan fingerprint density at radius 3 is 2.38 bits per heavy atom. The third-order valence-electron chi connectivity index (χ3n) is 4.92. The Morgan fingerprint density at radius 2 is 1.73 bits per heavy atom. The van der Waals surface area contributed by atoms with Crippen molar-refractivity contribution in [2.45, 2.75) is 38.1 Å². The van der Waals surface area contributed by atoms with Crippen molar-refractivity contribution < 1.29 is 13.2 Å². The SMILES string of the molecule is CN(C)Cc1ccc(C2CCCN2Cc2ccccc2C(F)(F)F)cc1. The molecule has 0 radical (unpaired) electrons. The van der Waals surface area contributed by atoms with Crippen LogP contribution in [0.15, 0.2) is 48.5 Å². The molecule has 2 nitrogen and oxygen atoms in total. The minimum Gasteiger partial charge on any atom is -0.305 e. The van der Waals surface area contributed by atoms with Gasteiger partial charge in [-0.25, -0.2) is 0 Å². The van der Waals surface area contributed by atoms with E-state index in [0.717, 1.165) is 25.9 Å². The maximum absolute atomic E-state index is 13.3. The van der Waals surface area contributed by atoms with Gasteiger partial charge in [-0.2, -0.15) is 13.2 Å². The highest BCUT2D eigenvalue weighted by molar-refractivity contribution is 5.31. The number of hydrogen-bond donors (Lipinski definition) is 0. The summed E-state index contributed by atoms with van der Waals surface area (Å²) in [5.74, 6) is 0. The first-order valence-electron chi connectivity index (χ1n) is 8.97. The lowest BCUT2D eigenvalue weighted by Gasteiger charge is -2.26. The van der Waals surface area contributed by atoms with Crippen LogP contribution < -0.4 is 0 Å². The highest BCUT2D eigenvalue weighted by Crippen LogP contribution is 2.37. The number of rotatable bonds is 5. The van der Waals surface area contributed by atoms with E-state index in [1.807, 2.05) is 14.1 Å². The van der Waals surface area contributed by atoms with E-state index in [1.165, 1.54) is 23.3 Å². The van der Waals surface area contributed by atoms with Crippen LogP contribution in [0.25, 0.3) is 0 Å². The van der Waals surface area contributed by atoms with Gasteiger partial charge in [0.1, 0.15) is 0 Å². The molecule has 1 fully saturated rings. The number of alkyl halides is 3. The zero-order chi connectivity index (χ0) is 18.7. The zero-order valence-electron chi connectivity index (χ0n) is 15.3. The molecule has 1 heterocycles. The second-order valence-electron chi connectivity index (χ2n) is 7.26. The maximum atomic E-state index is 13.3. The molecule has 5 heteroatoms. The number of benzene rings is 2. The summed E-state index contributed by atoms with van der Waals surface area (Å²) in [6.07, 6.45) is -2.31. The molecule has 1 atom stereocenters. The average Bonchev–Trinajstić information content (AvgIpc) is 3.03. The second kappa shape index (κ2) is 7.80. The Balaban J connectivity index is 1.77. The average molecular weight is 362 g/mol. The van der Waals surface area contributed by atoms with Gasteiger partial charge in [0.25, 0.3) is 0 Å². The molecule has 140 valence electrons. The summed E-state index contributed by atoms with van der Waals surface area (Å²) in [5.41, 5.74) is 2.27. The molecule has 1 aliphatic rings. The van der Waals surface area contributed by atoms with Gasteiger partial charge in [-0.15, -0.1) is 0 Å². The Morgan fingerprint density at radius 1 is 1.04 bits per heavy atom. The predicted molar refractivity (Wildman–Crippen MR) is 97.7 cm³/mol. The summed E-state index contributed by atoms with van der Waals surface area (Å²) in [7, 11) is 4.06. The van der Waals surface area contributed by atoms with Gasteiger partial charge in [0, 0.05) is 19.1 Å². The summed E-state index contributed by atoms with van der Waals surface area (Å²) < 4.78 is 39.8. The van der Waals surface area contributed by atoms with Crippen molar-refractivity contribution in [2.75, 3.05) is 20.6 Å². The molecule has 0 amide bonds. The predicted octanol–water partition coefficient (Wildman–Crippen LogP) is 5.10. The van der Waals surface area contributed by atoms with Gasteiger partial charge in [-0.3, -0.25) is 4.90 Å². The molecular weight excluding hydrogens is 337 g/mol. The Kier molecular flexibility index (Phi) is 5.68. The van der Waals surface area contributed by atoms with Gasteiger partial charge in [0.05, 0.1) is 5.56 Å². The van der Waals surface area contributed by atoms with Crippen LogP contribution in [0.4, 0.5) is 13.2 Å². The van der Waals surface area contributed by atoms with E-state index >= 15 is 0 Å². The normalized spacial score (nSPS) is 18.6. The summed E-state index contributed by atoms with van der Waals surface area (Å²) in [6.45, 7) is 2.05. The van der Waals surface area contributed by atoms with Crippen LogP contribution >= 0.6 is 0 Å². The van der Waals surface area contributed by atoms with Crippen LogP contribution in [0.2, 0.25) is 0 Å². The fourth-order valence-corrected chi connectivity index (χ4v) is 3.76. The number of halogens is 3. The van der Waals surface area contributed by atoms with Crippen LogP contribution in [0.3, 0.4) is 0 Å². The van der Waals surface area contributed by atoms with Crippen molar-refractivity contribution in [2.24, 2.45) is 0 Å². The van der Waals surface area contributed by atoms with Crippen LogP contribution in [0.5, 0.6) is 0 Å². The summed E-state index contributed by atoms with van der Waals surface area (Å²) >= 11 is 0. The van der Waals surface area contributed by atoms with Crippen molar-refractivity contribution >= 4 is 0 Å². The monoisotopic (exact) mass is 362 g/mol. The number of hydrogen-bond acceptors (Lipinski definition) is 2. The van der Waals surface area contributed by atoms with Crippen LogP contribution in [-0.2, 0) is 19.3 Å². The van der Waals surface area contributed by atoms with Gasteiger partial charge < -0.3 is 4.90 Å². The molecular formula is C21H25F3N2. The highest BCUT2D eigenvalue weighted by Gasteiger charge is 2.34. The molecule has 0 aromatic heterocycles. The molecule has 2 aromatic rings. The van der Waals surface area contributed by atoms with E-state index in [9.17, 15) is 13.2 Å². The van der Waals surface area contributed by atoms with Crippen molar-refractivity contribution in [3.05, 3.63) is 70.8 Å². The Bertz CT molecular complexity index is 723. The first-order valence-corrected chi connectivity index (χ1v) is 8.97. The van der Waals surface area contributed by atoms with Crippen LogP contribution in [0, 0.1) is 0 Å². The lowest BCUT2D eigenvalue weighted by atomic mass is 10.0. The second-order valence-corrected chi connectivity index (χ2v) is 7.26. The van der Waals surface area contributed by atoms with Gasteiger partial charge in [-0.1, -0.05) is 42.5 Å². The van der Waals surface area contributed by atoms with E-state index in [-0.39, 0.29) is 6.04 Å². The van der Waals surface area contributed by atoms with E-state index in [2.05, 4.69) is 34.1 Å². The third-order valence-corrected chi connectivity index (χ3v) is 4.92. The topological polar surface area (TPSA) is 6.48 Å². The van der Waals surface area contributed by atoms with E-state index in [4.69, 9.17) is 0 Å². The lowest BCUT2D eigenvalue weighted by Crippen LogP contribution is -2.24. The van der Waals surface area contributed by atoms with Gasteiger partial charge in [-0.05, 0) is 56.2 Å². The molecule has 1 aliphatic heterocycles. The highest BCUT2D eigenvalue weighted by atomic mass is 19.4. The fourth-order valence-electron chi connectivity index (χ4n) is 3.76. The van der Waals surface area contributed by atoms with Gasteiger partial charge >= 0.3 is 6.18 Å². The third kappa shape index (κ3) is 4.46. The Hall–Kier alpha value is -1.85. The molecule has 26 heavy (non-hydrogen) atoms. The molecule has 2 aromatic carbocycles. The maximum Gasteiger partial charge on any atom is 0.416 e. The summed E-state index contributed by atoms with van der Waals surface area (Å²) in [4.78, 5) is 4.29. The van der Waals surface area contributed by atoms with Gasteiger partial charge in [0.15, 0.2) is 0 Å². The Labute approximate surface area is 153 Å². The first kappa shape index (κ1) is 18.9. The van der Waals surface area contributed by atoms with Crippen molar-refractivity contribution in [1.29, 1.82) is 0 Å². The molecule has 0 spiro atoms. The van der Waals surface area contributed by atoms with Crippen LogP contribution in [0.1, 0.15) is 41.1 Å². The summed E-state index contributed by atoms with van der Waals surface area (Å²) in [5, 5.41) is 0. The molecule has 0 aliphatic carbocycles. The van der Waals surface area contributed by atoms with Crippen molar-refractivity contribution in [3.63, 3.8) is 0 Å². The molecule has 3 rings (SSSR count).